The van der Waals surface area contributed by atoms with Crippen LogP contribution in [0.5, 0.6) is 0 Å². The molecule has 0 saturated heterocycles. The number of anilines is 2. The molecule has 1 aromatic carbocycles. The minimum Gasteiger partial charge on any atom is -0.334 e. The Morgan fingerprint density at radius 1 is 1.29 bits per heavy atom. The lowest BCUT2D eigenvalue weighted by Crippen LogP contribution is -2.07. The van der Waals surface area contributed by atoms with Crippen LogP contribution in [0.25, 0.3) is 0 Å². The van der Waals surface area contributed by atoms with Gasteiger partial charge >= 0.3 is 5.69 Å². The number of fused-ring (bicyclic) bond motifs is 1. The van der Waals surface area contributed by atoms with Crippen LogP contribution >= 0.6 is 15.9 Å². The zero-order valence-corrected chi connectivity index (χ0v) is 12.9. The van der Waals surface area contributed by atoms with Gasteiger partial charge in [-0.1, -0.05) is 12.1 Å². The van der Waals surface area contributed by atoms with Crippen LogP contribution in [-0.2, 0) is 12.8 Å². The first kappa shape index (κ1) is 14.0. The van der Waals surface area contributed by atoms with Gasteiger partial charge in [0.25, 0.3) is 0 Å². The molecule has 1 heterocycles. The molecule has 0 radical (unpaired) electrons. The molecular formula is C15H14BrN3O2. The molecule has 2 aromatic rings. The quantitative estimate of drug-likeness (QED) is 0.660. The number of halogens is 1. The maximum atomic E-state index is 11.2. The second kappa shape index (κ2) is 5.81. The normalized spacial score (nSPS) is 13.6. The zero-order valence-electron chi connectivity index (χ0n) is 11.3. The molecule has 0 fully saturated rings. The van der Waals surface area contributed by atoms with Crippen molar-refractivity contribution < 1.29 is 4.92 Å². The largest absolute Gasteiger partial charge is 0.334 e. The smallest absolute Gasteiger partial charge is 0.312 e. The molecule has 21 heavy (non-hydrogen) atoms. The maximum absolute atomic E-state index is 11.2. The molecule has 6 heteroatoms. The number of aromatic nitrogens is 1. The van der Waals surface area contributed by atoms with Gasteiger partial charge < -0.3 is 5.32 Å². The van der Waals surface area contributed by atoms with E-state index in [2.05, 4.69) is 32.3 Å². The highest BCUT2D eigenvalue weighted by molar-refractivity contribution is 9.10. The Bertz CT molecular complexity index is 703. The van der Waals surface area contributed by atoms with Crippen LogP contribution in [0.15, 0.2) is 34.9 Å². The van der Waals surface area contributed by atoms with Gasteiger partial charge in [-0.2, -0.15) is 0 Å². The summed E-state index contributed by atoms with van der Waals surface area (Å²) >= 11 is 3.22. The Kier molecular flexibility index (Phi) is 3.88. The van der Waals surface area contributed by atoms with Gasteiger partial charge in [0.15, 0.2) is 0 Å². The predicted octanol–water partition coefficient (Wildman–Crippen LogP) is 4.37. The fraction of sp³-hybridized carbons (Fsp3) is 0.267. The summed E-state index contributed by atoms with van der Waals surface area (Å²) in [6.07, 6.45) is 5.99. The SMILES string of the molecule is O=[N+]([O-])c1cc(Br)cnc1Nc1cccc2c1CCCC2. The Balaban J connectivity index is 2.00. The molecule has 5 nitrogen and oxygen atoms in total. The molecule has 0 aliphatic heterocycles. The van der Waals surface area contributed by atoms with Crippen LogP contribution in [-0.4, -0.2) is 9.91 Å². The summed E-state index contributed by atoms with van der Waals surface area (Å²) in [5, 5.41) is 14.3. The fourth-order valence-corrected chi connectivity index (χ4v) is 3.01. The number of nitrogens with zero attached hydrogens (tertiary/aromatic N) is 2. The zero-order chi connectivity index (χ0) is 14.8. The molecule has 0 atom stereocenters. The molecule has 3 rings (SSSR count). The van der Waals surface area contributed by atoms with Crippen LogP contribution in [0.4, 0.5) is 17.2 Å². The Labute approximate surface area is 130 Å². The van der Waals surface area contributed by atoms with Gasteiger partial charge in [-0.15, -0.1) is 0 Å². The van der Waals surface area contributed by atoms with Crippen molar-refractivity contribution in [2.75, 3.05) is 5.32 Å². The van der Waals surface area contributed by atoms with E-state index in [4.69, 9.17) is 0 Å². The molecule has 0 amide bonds. The second-order valence-electron chi connectivity index (χ2n) is 5.05. The van der Waals surface area contributed by atoms with E-state index < -0.39 is 4.92 Å². The van der Waals surface area contributed by atoms with Crippen molar-refractivity contribution in [1.82, 2.24) is 4.98 Å². The first-order valence-electron chi connectivity index (χ1n) is 6.83. The number of aryl methyl sites for hydroxylation is 1. The molecule has 0 spiro atoms. The van der Waals surface area contributed by atoms with Gasteiger partial charge in [-0.25, -0.2) is 4.98 Å². The monoisotopic (exact) mass is 347 g/mol. The molecule has 0 unspecified atom stereocenters. The minimum absolute atomic E-state index is 0.0298. The third-order valence-electron chi connectivity index (χ3n) is 3.68. The van der Waals surface area contributed by atoms with Crippen LogP contribution in [0.2, 0.25) is 0 Å². The molecule has 1 aromatic heterocycles. The van der Waals surface area contributed by atoms with Gasteiger partial charge in [0, 0.05) is 22.4 Å². The van der Waals surface area contributed by atoms with Crippen LogP contribution in [0.1, 0.15) is 24.0 Å². The molecule has 108 valence electrons. The standard InChI is InChI=1S/C15H14BrN3O2/c16-11-8-14(19(20)21)15(17-9-11)18-13-7-3-5-10-4-1-2-6-12(10)13/h3,5,7-9H,1-2,4,6H2,(H,17,18). The highest BCUT2D eigenvalue weighted by Crippen LogP contribution is 2.33. The number of hydrogen-bond acceptors (Lipinski definition) is 4. The molecule has 0 saturated carbocycles. The average molecular weight is 348 g/mol. The van der Waals surface area contributed by atoms with Gasteiger partial charge in [0.05, 0.1) is 4.92 Å². The topological polar surface area (TPSA) is 68.1 Å². The number of benzene rings is 1. The summed E-state index contributed by atoms with van der Waals surface area (Å²) in [5.41, 5.74) is 3.47. The maximum Gasteiger partial charge on any atom is 0.312 e. The van der Waals surface area contributed by atoms with Crippen molar-refractivity contribution in [2.24, 2.45) is 0 Å². The van der Waals surface area contributed by atoms with Crippen molar-refractivity contribution in [1.29, 1.82) is 0 Å². The summed E-state index contributed by atoms with van der Waals surface area (Å²) in [4.78, 5) is 14.9. The Hall–Kier alpha value is -1.95. The van der Waals surface area contributed by atoms with Crippen LogP contribution in [0, 0.1) is 10.1 Å². The van der Waals surface area contributed by atoms with Crippen LogP contribution < -0.4 is 5.32 Å². The van der Waals surface area contributed by atoms with Gasteiger partial charge in [0.2, 0.25) is 5.82 Å². The molecule has 1 aliphatic carbocycles. The lowest BCUT2D eigenvalue weighted by molar-refractivity contribution is -0.384. The number of hydrogen-bond donors (Lipinski definition) is 1. The van der Waals surface area contributed by atoms with Crippen molar-refractivity contribution >= 4 is 33.1 Å². The Morgan fingerprint density at radius 2 is 2.10 bits per heavy atom. The highest BCUT2D eigenvalue weighted by Gasteiger charge is 2.19. The first-order chi connectivity index (χ1) is 10.1. The van der Waals surface area contributed by atoms with E-state index in [9.17, 15) is 10.1 Å². The van der Waals surface area contributed by atoms with E-state index >= 15 is 0 Å². The van der Waals surface area contributed by atoms with E-state index in [1.165, 1.54) is 23.6 Å². The Morgan fingerprint density at radius 3 is 2.90 bits per heavy atom. The lowest BCUT2D eigenvalue weighted by Gasteiger charge is -2.19. The van der Waals surface area contributed by atoms with E-state index in [1.807, 2.05) is 12.1 Å². The molecule has 1 aliphatic rings. The van der Waals surface area contributed by atoms with Gasteiger partial charge in [-0.3, -0.25) is 10.1 Å². The number of rotatable bonds is 3. The molecule has 1 N–H and O–H groups in total. The van der Waals surface area contributed by atoms with Crippen LogP contribution in [0.3, 0.4) is 0 Å². The second-order valence-corrected chi connectivity index (χ2v) is 5.97. The van der Waals surface area contributed by atoms with Gasteiger partial charge in [0.1, 0.15) is 0 Å². The summed E-state index contributed by atoms with van der Waals surface area (Å²) in [5.74, 6) is 0.280. The average Bonchev–Trinajstić information content (AvgIpc) is 2.49. The van der Waals surface area contributed by atoms with E-state index in [1.54, 1.807) is 6.20 Å². The number of nitrogens with one attached hydrogen (secondary N) is 1. The first-order valence-corrected chi connectivity index (χ1v) is 7.62. The number of pyridine rings is 1. The van der Waals surface area contributed by atoms with E-state index in [0.717, 1.165) is 24.9 Å². The summed E-state index contributed by atoms with van der Waals surface area (Å²) in [6.45, 7) is 0. The fourth-order valence-electron chi connectivity index (χ4n) is 2.69. The summed E-state index contributed by atoms with van der Waals surface area (Å²) < 4.78 is 0.592. The van der Waals surface area contributed by atoms with Crippen molar-refractivity contribution in [3.63, 3.8) is 0 Å². The summed E-state index contributed by atoms with van der Waals surface area (Å²) in [6, 6.07) is 7.53. The lowest BCUT2D eigenvalue weighted by atomic mass is 9.90. The van der Waals surface area contributed by atoms with E-state index in [0.29, 0.717) is 4.47 Å². The number of nitro groups is 1. The third-order valence-corrected chi connectivity index (χ3v) is 4.11. The van der Waals surface area contributed by atoms with E-state index in [-0.39, 0.29) is 11.5 Å². The van der Waals surface area contributed by atoms with Crippen molar-refractivity contribution in [3.05, 3.63) is 56.2 Å². The van der Waals surface area contributed by atoms with Crippen molar-refractivity contribution in [2.45, 2.75) is 25.7 Å². The molecule has 0 bridgehead atoms. The molecular weight excluding hydrogens is 334 g/mol. The predicted molar refractivity (Wildman–Crippen MR) is 85.0 cm³/mol. The third kappa shape index (κ3) is 2.90. The highest BCUT2D eigenvalue weighted by atomic mass is 79.9. The minimum atomic E-state index is -0.421. The van der Waals surface area contributed by atoms with Crippen molar-refractivity contribution in [3.8, 4) is 0 Å². The summed E-state index contributed by atoms with van der Waals surface area (Å²) in [7, 11) is 0. The van der Waals surface area contributed by atoms with Gasteiger partial charge in [-0.05, 0) is 58.8 Å².